The highest BCUT2D eigenvalue weighted by Crippen LogP contribution is 2.14. The quantitative estimate of drug-likeness (QED) is 0.769. The van der Waals surface area contributed by atoms with Gasteiger partial charge in [-0.05, 0) is 13.8 Å². The van der Waals surface area contributed by atoms with E-state index in [2.05, 4.69) is 0 Å². The average molecular weight is 253 g/mol. The Kier molecular flexibility index (Phi) is 6.90. The summed E-state index contributed by atoms with van der Waals surface area (Å²) in [7, 11) is 1.54. The Morgan fingerprint density at radius 1 is 1.62 bits per heavy atom. The molecule has 1 aliphatic rings. The molecule has 1 saturated heterocycles. The largest absolute Gasteiger partial charge is 0.383 e. The molecule has 1 fully saturated rings. The van der Waals surface area contributed by atoms with E-state index in [1.165, 1.54) is 0 Å². The van der Waals surface area contributed by atoms with Crippen molar-refractivity contribution in [1.82, 2.24) is 4.90 Å². The molecule has 2 N–H and O–H groups in total. The van der Waals surface area contributed by atoms with Crippen molar-refractivity contribution in [1.29, 1.82) is 0 Å². The van der Waals surface area contributed by atoms with Crippen LogP contribution in [-0.4, -0.2) is 55.9 Å². The highest BCUT2D eigenvalue weighted by Gasteiger charge is 2.31. The molecular weight excluding hydrogens is 232 g/mol. The van der Waals surface area contributed by atoms with E-state index in [4.69, 9.17) is 15.2 Å². The first kappa shape index (κ1) is 15.6. The summed E-state index contributed by atoms with van der Waals surface area (Å²) in [6.07, 6.45) is 0.0671. The monoisotopic (exact) mass is 252 g/mol. The molecular formula is C10H21ClN2O3. The molecule has 0 bridgehead atoms. The fourth-order valence-electron chi connectivity index (χ4n) is 1.71. The lowest BCUT2D eigenvalue weighted by atomic mass is 10.1. The first-order chi connectivity index (χ1) is 7.07. The fourth-order valence-corrected chi connectivity index (χ4v) is 1.71. The first-order valence-corrected chi connectivity index (χ1v) is 5.24. The molecule has 0 aromatic rings. The van der Waals surface area contributed by atoms with E-state index in [9.17, 15) is 4.79 Å². The predicted molar refractivity (Wildman–Crippen MR) is 63.7 cm³/mol. The second-order valence-electron chi connectivity index (χ2n) is 3.91. The number of morpholine rings is 1. The van der Waals surface area contributed by atoms with Crippen molar-refractivity contribution in [3.05, 3.63) is 0 Å². The smallest absolute Gasteiger partial charge is 0.242 e. The Labute approximate surface area is 103 Å². The first-order valence-electron chi connectivity index (χ1n) is 5.24. The van der Waals surface area contributed by atoms with Gasteiger partial charge in [0.2, 0.25) is 5.91 Å². The van der Waals surface area contributed by atoms with Gasteiger partial charge >= 0.3 is 0 Å². The van der Waals surface area contributed by atoms with Crippen LogP contribution in [-0.2, 0) is 14.3 Å². The second kappa shape index (κ2) is 7.06. The summed E-state index contributed by atoms with van der Waals surface area (Å²) in [6, 6.07) is -0.489. The number of carbonyl (C=O) groups excluding carboxylic acids is 1. The van der Waals surface area contributed by atoms with Crippen LogP contribution >= 0.6 is 12.4 Å². The third kappa shape index (κ3) is 3.59. The van der Waals surface area contributed by atoms with Gasteiger partial charge in [-0.3, -0.25) is 4.79 Å². The van der Waals surface area contributed by atoms with Crippen molar-refractivity contribution in [3.63, 3.8) is 0 Å². The van der Waals surface area contributed by atoms with Crippen molar-refractivity contribution in [2.75, 3.05) is 26.9 Å². The van der Waals surface area contributed by atoms with Crippen LogP contribution < -0.4 is 5.73 Å². The molecule has 3 atom stereocenters. The number of rotatable bonds is 3. The highest BCUT2D eigenvalue weighted by atomic mass is 35.5. The zero-order valence-corrected chi connectivity index (χ0v) is 10.8. The molecule has 1 aliphatic heterocycles. The summed E-state index contributed by atoms with van der Waals surface area (Å²) in [4.78, 5) is 13.7. The van der Waals surface area contributed by atoms with Crippen LogP contribution in [0.15, 0.2) is 0 Å². The van der Waals surface area contributed by atoms with E-state index >= 15 is 0 Å². The molecule has 0 radical (unpaired) electrons. The number of carbonyl (C=O) groups is 1. The number of ether oxygens (including phenoxy) is 2. The molecule has 5 nitrogen and oxygen atoms in total. The standard InChI is InChI=1S/C10H20N2O3.ClH/c1-7-8(2)15-5-4-12(7)10(13)9(11)6-14-3;/h7-9H,4-6,11H2,1-3H3;1H. The Morgan fingerprint density at radius 2 is 2.25 bits per heavy atom. The topological polar surface area (TPSA) is 64.8 Å². The summed E-state index contributed by atoms with van der Waals surface area (Å²) in [6.45, 7) is 5.39. The predicted octanol–water partition coefficient (Wildman–Crippen LogP) is 0.0177. The van der Waals surface area contributed by atoms with Crippen LogP contribution in [0, 0.1) is 0 Å². The Balaban J connectivity index is 0.00000225. The van der Waals surface area contributed by atoms with E-state index < -0.39 is 6.04 Å². The zero-order valence-electron chi connectivity index (χ0n) is 10.0. The molecule has 0 aliphatic carbocycles. The van der Waals surface area contributed by atoms with E-state index in [1.54, 1.807) is 12.0 Å². The maximum atomic E-state index is 11.9. The number of methoxy groups -OCH3 is 1. The van der Waals surface area contributed by atoms with Gasteiger partial charge in [0.1, 0.15) is 6.04 Å². The number of amides is 1. The number of halogens is 1. The average Bonchev–Trinajstić information content (AvgIpc) is 2.21. The minimum Gasteiger partial charge on any atom is -0.383 e. The number of hydrogen-bond donors (Lipinski definition) is 1. The summed E-state index contributed by atoms with van der Waals surface area (Å²) >= 11 is 0. The summed E-state index contributed by atoms with van der Waals surface area (Å²) < 4.78 is 10.3. The van der Waals surface area contributed by atoms with Crippen molar-refractivity contribution < 1.29 is 14.3 Å². The number of nitrogens with two attached hydrogens (primary N) is 1. The number of nitrogens with zero attached hydrogens (tertiary/aromatic N) is 1. The molecule has 1 amide bonds. The van der Waals surface area contributed by atoms with E-state index in [1.807, 2.05) is 13.8 Å². The minimum absolute atomic E-state index is 0. The van der Waals surface area contributed by atoms with Crippen molar-refractivity contribution >= 4 is 18.3 Å². The fraction of sp³-hybridized carbons (Fsp3) is 0.900. The number of hydrogen-bond acceptors (Lipinski definition) is 4. The zero-order chi connectivity index (χ0) is 11.4. The van der Waals surface area contributed by atoms with Crippen LogP contribution in [0.2, 0.25) is 0 Å². The maximum Gasteiger partial charge on any atom is 0.242 e. The Hall–Kier alpha value is -0.360. The SMILES string of the molecule is COCC(N)C(=O)N1CCOC(C)C1C.Cl. The van der Waals surface area contributed by atoms with Crippen LogP contribution in [0.5, 0.6) is 0 Å². The lowest BCUT2D eigenvalue weighted by Gasteiger charge is -2.38. The van der Waals surface area contributed by atoms with Crippen LogP contribution in [0.25, 0.3) is 0 Å². The lowest BCUT2D eigenvalue weighted by Crippen LogP contribution is -2.56. The van der Waals surface area contributed by atoms with Crippen molar-refractivity contribution in [3.8, 4) is 0 Å². The van der Waals surface area contributed by atoms with Crippen LogP contribution in [0.3, 0.4) is 0 Å². The molecule has 0 spiro atoms. The maximum absolute atomic E-state index is 11.9. The molecule has 0 aromatic heterocycles. The van der Waals surface area contributed by atoms with Gasteiger partial charge < -0.3 is 20.1 Å². The molecule has 0 saturated carbocycles. The minimum atomic E-state index is -0.567. The van der Waals surface area contributed by atoms with Crippen LogP contribution in [0.1, 0.15) is 13.8 Å². The summed E-state index contributed by atoms with van der Waals surface area (Å²) in [5.74, 6) is -0.0560. The molecule has 0 aromatic carbocycles. The Morgan fingerprint density at radius 3 is 2.81 bits per heavy atom. The normalized spacial score (nSPS) is 27.1. The third-order valence-electron chi connectivity index (χ3n) is 2.83. The van der Waals surface area contributed by atoms with Crippen LogP contribution in [0.4, 0.5) is 0 Å². The van der Waals surface area contributed by atoms with Gasteiger partial charge in [0.05, 0.1) is 25.4 Å². The summed E-state index contributed by atoms with van der Waals surface area (Å²) in [5.41, 5.74) is 5.71. The van der Waals surface area contributed by atoms with Gasteiger partial charge in [-0.25, -0.2) is 0 Å². The molecule has 3 unspecified atom stereocenters. The summed E-state index contributed by atoms with van der Waals surface area (Å²) in [5, 5.41) is 0. The van der Waals surface area contributed by atoms with Gasteiger partial charge in [-0.15, -0.1) is 12.4 Å². The highest BCUT2D eigenvalue weighted by molar-refractivity contribution is 5.85. The molecule has 6 heteroatoms. The van der Waals surface area contributed by atoms with Crippen molar-refractivity contribution in [2.45, 2.75) is 32.0 Å². The van der Waals surface area contributed by atoms with Gasteiger partial charge in [0.15, 0.2) is 0 Å². The van der Waals surface area contributed by atoms with E-state index in [0.29, 0.717) is 13.2 Å². The van der Waals surface area contributed by atoms with Gasteiger partial charge in [0.25, 0.3) is 0 Å². The van der Waals surface area contributed by atoms with Gasteiger partial charge in [0, 0.05) is 13.7 Å². The molecule has 16 heavy (non-hydrogen) atoms. The Bertz CT molecular complexity index is 228. The van der Waals surface area contributed by atoms with E-state index in [0.717, 1.165) is 0 Å². The van der Waals surface area contributed by atoms with E-state index in [-0.39, 0.29) is 37.1 Å². The van der Waals surface area contributed by atoms with Gasteiger partial charge in [-0.2, -0.15) is 0 Å². The third-order valence-corrected chi connectivity index (χ3v) is 2.83. The molecule has 96 valence electrons. The molecule has 1 rings (SSSR count). The van der Waals surface area contributed by atoms with Gasteiger partial charge in [-0.1, -0.05) is 0 Å². The van der Waals surface area contributed by atoms with Crippen molar-refractivity contribution in [2.24, 2.45) is 5.73 Å². The second-order valence-corrected chi connectivity index (χ2v) is 3.91. The lowest BCUT2D eigenvalue weighted by molar-refractivity contribution is -0.146. The molecule has 1 heterocycles.